The highest BCUT2D eigenvalue weighted by atomic mass is 79.9. The van der Waals surface area contributed by atoms with Crippen molar-refractivity contribution in [3.8, 4) is 0 Å². The SMILES string of the molecule is O=C(N[C@@H](Cc1ccc([N+](=O)[O-])cc1)C(=O)O)c1cc(Br)cc(Br)c1. The zero-order chi connectivity index (χ0) is 18.6. The van der Waals surface area contributed by atoms with Crippen LogP contribution in [0.1, 0.15) is 15.9 Å². The molecule has 2 aromatic rings. The van der Waals surface area contributed by atoms with Crippen LogP contribution in [0.15, 0.2) is 51.4 Å². The topological polar surface area (TPSA) is 110 Å². The van der Waals surface area contributed by atoms with Gasteiger partial charge in [0.15, 0.2) is 0 Å². The van der Waals surface area contributed by atoms with Crippen LogP contribution in [0.2, 0.25) is 0 Å². The van der Waals surface area contributed by atoms with E-state index in [0.717, 1.165) is 0 Å². The van der Waals surface area contributed by atoms with Gasteiger partial charge in [0, 0.05) is 33.1 Å². The maximum Gasteiger partial charge on any atom is 0.326 e. The highest BCUT2D eigenvalue weighted by Gasteiger charge is 2.22. The van der Waals surface area contributed by atoms with Crippen LogP contribution in [0.3, 0.4) is 0 Å². The molecule has 2 N–H and O–H groups in total. The summed E-state index contributed by atoms with van der Waals surface area (Å²) in [4.78, 5) is 33.8. The molecule has 0 unspecified atom stereocenters. The largest absolute Gasteiger partial charge is 0.480 e. The predicted octanol–water partition coefficient (Wildman–Crippen LogP) is 3.55. The highest BCUT2D eigenvalue weighted by molar-refractivity contribution is 9.11. The molecule has 0 heterocycles. The molecule has 0 fully saturated rings. The third-order valence-electron chi connectivity index (χ3n) is 3.32. The molecule has 0 bridgehead atoms. The first kappa shape index (κ1) is 19.1. The number of halogens is 2. The molecule has 25 heavy (non-hydrogen) atoms. The molecule has 0 spiro atoms. The standard InChI is InChI=1S/C16H12Br2N2O5/c17-11-6-10(7-12(18)8-11)15(21)19-14(16(22)23)5-9-1-3-13(4-2-9)20(24)25/h1-4,6-8,14H,5H2,(H,19,21)(H,22,23)/t14-/m0/s1. The zero-order valence-corrected chi connectivity index (χ0v) is 15.8. The minimum Gasteiger partial charge on any atom is -0.480 e. The molecule has 1 atom stereocenters. The van der Waals surface area contributed by atoms with E-state index in [2.05, 4.69) is 37.2 Å². The molecule has 130 valence electrons. The number of nitrogens with zero attached hydrogens (tertiary/aromatic N) is 1. The van der Waals surface area contributed by atoms with Gasteiger partial charge in [0.05, 0.1) is 4.92 Å². The third-order valence-corrected chi connectivity index (χ3v) is 4.23. The molecular formula is C16H12Br2N2O5. The predicted molar refractivity (Wildman–Crippen MR) is 97.5 cm³/mol. The first-order valence-corrected chi connectivity index (χ1v) is 8.58. The molecule has 0 aliphatic rings. The summed E-state index contributed by atoms with van der Waals surface area (Å²) in [5.41, 5.74) is 0.781. The van der Waals surface area contributed by atoms with Gasteiger partial charge >= 0.3 is 5.97 Å². The number of rotatable bonds is 6. The molecule has 0 saturated carbocycles. The molecule has 0 saturated heterocycles. The first-order chi connectivity index (χ1) is 11.8. The van der Waals surface area contributed by atoms with Gasteiger partial charge in [0.25, 0.3) is 11.6 Å². The van der Waals surface area contributed by atoms with Crippen molar-refractivity contribution in [1.82, 2.24) is 5.32 Å². The summed E-state index contributed by atoms with van der Waals surface area (Å²) in [7, 11) is 0. The minimum atomic E-state index is -1.19. The summed E-state index contributed by atoms with van der Waals surface area (Å²) in [5.74, 6) is -1.72. The Morgan fingerprint density at radius 1 is 1.12 bits per heavy atom. The summed E-state index contributed by atoms with van der Waals surface area (Å²) >= 11 is 6.53. The Hall–Kier alpha value is -2.26. The maximum absolute atomic E-state index is 12.3. The minimum absolute atomic E-state index is 0.00818. The number of nitrogens with one attached hydrogen (secondary N) is 1. The van der Waals surface area contributed by atoms with E-state index in [0.29, 0.717) is 20.1 Å². The van der Waals surface area contributed by atoms with E-state index in [4.69, 9.17) is 0 Å². The van der Waals surface area contributed by atoms with Crippen molar-refractivity contribution in [2.24, 2.45) is 0 Å². The smallest absolute Gasteiger partial charge is 0.326 e. The quantitative estimate of drug-likeness (QED) is 0.494. The lowest BCUT2D eigenvalue weighted by Gasteiger charge is -2.15. The van der Waals surface area contributed by atoms with Crippen molar-refractivity contribution in [2.45, 2.75) is 12.5 Å². The van der Waals surface area contributed by atoms with Gasteiger partial charge in [-0.3, -0.25) is 14.9 Å². The zero-order valence-electron chi connectivity index (χ0n) is 12.6. The second-order valence-electron chi connectivity index (χ2n) is 5.15. The van der Waals surface area contributed by atoms with Crippen molar-refractivity contribution >= 4 is 49.4 Å². The van der Waals surface area contributed by atoms with Crippen LogP contribution < -0.4 is 5.32 Å². The van der Waals surface area contributed by atoms with Gasteiger partial charge in [-0.1, -0.05) is 44.0 Å². The molecule has 1 amide bonds. The number of carbonyl (C=O) groups is 2. The Balaban J connectivity index is 2.13. The van der Waals surface area contributed by atoms with Gasteiger partial charge < -0.3 is 10.4 Å². The van der Waals surface area contributed by atoms with E-state index in [1.807, 2.05) is 0 Å². The van der Waals surface area contributed by atoms with E-state index in [1.54, 1.807) is 18.2 Å². The van der Waals surface area contributed by atoms with Crippen LogP contribution in [-0.2, 0) is 11.2 Å². The number of benzene rings is 2. The molecular weight excluding hydrogens is 460 g/mol. The molecule has 2 rings (SSSR count). The molecule has 0 aromatic heterocycles. The molecule has 2 aromatic carbocycles. The van der Waals surface area contributed by atoms with E-state index in [-0.39, 0.29) is 12.1 Å². The van der Waals surface area contributed by atoms with Gasteiger partial charge in [0.2, 0.25) is 0 Å². The van der Waals surface area contributed by atoms with Crippen molar-refractivity contribution in [1.29, 1.82) is 0 Å². The first-order valence-electron chi connectivity index (χ1n) is 6.99. The monoisotopic (exact) mass is 470 g/mol. The van der Waals surface area contributed by atoms with Crippen LogP contribution in [-0.4, -0.2) is 27.9 Å². The van der Waals surface area contributed by atoms with E-state index in [9.17, 15) is 24.8 Å². The highest BCUT2D eigenvalue weighted by Crippen LogP contribution is 2.20. The molecule has 0 aliphatic carbocycles. The number of aliphatic carboxylic acids is 1. The number of hydrogen-bond acceptors (Lipinski definition) is 4. The second kappa shape index (κ2) is 8.21. The van der Waals surface area contributed by atoms with Gasteiger partial charge in [-0.15, -0.1) is 0 Å². The number of carboxylic acid groups (broad SMARTS) is 1. The summed E-state index contributed by atoms with van der Waals surface area (Å²) in [6, 6.07) is 9.26. The summed E-state index contributed by atoms with van der Waals surface area (Å²) in [6.45, 7) is 0. The fourth-order valence-corrected chi connectivity index (χ4v) is 3.41. The van der Waals surface area contributed by atoms with Crippen LogP contribution >= 0.6 is 31.9 Å². The van der Waals surface area contributed by atoms with Crippen molar-refractivity contribution in [3.05, 3.63) is 72.7 Å². The number of hydrogen-bond donors (Lipinski definition) is 2. The second-order valence-corrected chi connectivity index (χ2v) is 6.98. The fraction of sp³-hybridized carbons (Fsp3) is 0.125. The molecule has 0 aliphatic heterocycles. The average molecular weight is 472 g/mol. The number of nitro groups is 1. The summed E-state index contributed by atoms with van der Waals surface area (Å²) in [5, 5.41) is 22.4. The summed E-state index contributed by atoms with van der Waals surface area (Å²) < 4.78 is 1.35. The molecule has 7 nitrogen and oxygen atoms in total. The van der Waals surface area contributed by atoms with Gasteiger partial charge in [-0.05, 0) is 23.8 Å². The average Bonchev–Trinajstić information content (AvgIpc) is 2.53. The number of carboxylic acids is 1. The lowest BCUT2D eigenvalue weighted by atomic mass is 10.0. The Kier molecular flexibility index (Phi) is 6.27. The Bertz CT molecular complexity index is 804. The lowest BCUT2D eigenvalue weighted by Crippen LogP contribution is -2.42. The number of amides is 1. The number of non-ortho nitro benzene ring substituents is 1. The van der Waals surface area contributed by atoms with E-state index in [1.165, 1.54) is 24.3 Å². The third kappa shape index (κ3) is 5.36. The van der Waals surface area contributed by atoms with Crippen LogP contribution in [0, 0.1) is 10.1 Å². The van der Waals surface area contributed by atoms with E-state index >= 15 is 0 Å². The van der Waals surface area contributed by atoms with Gasteiger partial charge in [0.1, 0.15) is 6.04 Å². The van der Waals surface area contributed by atoms with Gasteiger partial charge in [-0.25, -0.2) is 4.79 Å². The molecule has 0 radical (unpaired) electrons. The summed E-state index contributed by atoms with van der Waals surface area (Å²) in [6.07, 6.45) is 0.00818. The number of carbonyl (C=O) groups excluding carboxylic acids is 1. The number of nitro benzene ring substituents is 1. The molecule has 9 heteroatoms. The van der Waals surface area contributed by atoms with Crippen LogP contribution in [0.5, 0.6) is 0 Å². The Morgan fingerprint density at radius 3 is 2.16 bits per heavy atom. The maximum atomic E-state index is 12.3. The normalized spacial score (nSPS) is 11.6. The van der Waals surface area contributed by atoms with Crippen LogP contribution in [0.25, 0.3) is 0 Å². The van der Waals surface area contributed by atoms with E-state index < -0.39 is 22.8 Å². The Morgan fingerprint density at radius 2 is 1.68 bits per heavy atom. The van der Waals surface area contributed by atoms with Crippen molar-refractivity contribution < 1.29 is 19.6 Å². The lowest BCUT2D eigenvalue weighted by molar-refractivity contribution is -0.384. The fourth-order valence-electron chi connectivity index (χ4n) is 2.12. The van der Waals surface area contributed by atoms with Crippen LogP contribution in [0.4, 0.5) is 5.69 Å². The van der Waals surface area contributed by atoms with Gasteiger partial charge in [-0.2, -0.15) is 0 Å². The van der Waals surface area contributed by atoms with Crippen molar-refractivity contribution in [3.63, 3.8) is 0 Å². The van der Waals surface area contributed by atoms with Crippen molar-refractivity contribution in [2.75, 3.05) is 0 Å². The Labute approximate surface area is 159 Å².